The molecule has 18 aromatic rings. The van der Waals surface area contributed by atoms with Crippen molar-refractivity contribution < 1.29 is 4.74 Å². The molecule has 494 valence electrons. The first kappa shape index (κ1) is 60.5. The predicted molar refractivity (Wildman–Crippen MR) is 452 cm³/mol. The first-order chi connectivity index (χ1) is 52.6. The monoisotopic (exact) mass is 1390 g/mol. The molecule has 6 heterocycles. The summed E-state index contributed by atoms with van der Waals surface area (Å²) in [7, 11) is 0. The Morgan fingerprint density at radius 2 is 0.717 bits per heavy atom. The topological polar surface area (TPSA) is 25.4 Å². The van der Waals surface area contributed by atoms with Crippen molar-refractivity contribution in [2.24, 2.45) is 0 Å². The molecule has 10 heteroatoms. The molecule has 16 aromatic carbocycles. The summed E-state index contributed by atoms with van der Waals surface area (Å²) in [6.07, 6.45) is 0. The highest BCUT2D eigenvalue weighted by molar-refractivity contribution is 7.27. The summed E-state index contributed by atoms with van der Waals surface area (Å²) in [6.45, 7) is -0.519. The van der Waals surface area contributed by atoms with Crippen LogP contribution in [-0.4, -0.2) is 13.4 Å². The van der Waals surface area contributed by atoms with Gasteiger partial charge in [-0.2, -0.15) is 0 Å². The van der Waals surface area contributed by atoms with E-state index in [-0.39, 0.29) is 13.4 Å². The summed E-state index contributed by atoms with van der Waals surface area (Å²) in [4.78, 5) is 12.8. The van der Waals surface area contributed by atoms with E-state index in [0.29, 0.717) is 0 Å². The number of anilines is 15. The number of nitrogens with zero attached hydrogens (tertiary/aromatic N) is 5. The second-order valence-electron chi connectivity index (χ2n) is 27.8. The molecule has 2 aromatic heterocycles. The van der Waals surface area contributed by atoms with E-state index in [0.717, 1.165) is 130 Å². The molecule has 0 aliphatic carbocycles. The standard InChI is InChI=1S/C96H61B2N5OS2/c1-7-30-62(31-8-1)70-44-27-45-71(63-32-9-2-10-33-63)94(70)103-84-61-83-78(98-77-49-22-24-53-88(77)104-89-59-69(58-87(93(89)98)101(83)67-40-17-6-18-41-67)100(66-38-15-5-16-39-66)81-51-28-46-74-72-42-19-25-54-90(72)105-95(74)81)60-79(84)97-76-48-21-23-50-80(76)102(82-52-29-47-75-73-43-20-26-55-91(73)106-96(75)82)85-56-68(57-86(103)92(85)97)99(64-34-11-3-12-35-64)65-36-13-4-14-37-65/h1-61H. The molecule has 0 atom stereocenters. The lowest BCUT2D eigenvalue weighted by molar-refractivity contribution is 0.487. The van der Waals surface area contributed by atoms with Gasteiger partial charge < -0.3 is 29.2 Å². The zero-order chi connectivity index (χ0) is 69.5. The maximum absolute atomic E-state index is 7.51. The Labute approximate surface area is 623 Å². The Morgan fingerprint density at radius 3 is 1.36 bits per heavy atom. The molecule has 0 bridgehead atoms. The molecular formula is C96H61B2N5OS2. The van der Waals surface area contributed by atoms with Crippen LogP contribution in [0.2, 0.25) is 0 Å². The molecule has 22 rings (SSSR count). The molecule has 6 nitrogen and oxygen atoms in total. The second kappa shape index (κ2) is 24.3. The van der Waals surface area contributed by atoms with Crippen LogP contribution in [0.4, 0.5) is 85.3 Å². The largest absolute Gasteiger partial charge is 0.458 e. The molecule has 0 saturated heterocycles. The van der Waals surface area contributed by atoms with Gasteiger partial charge in [0.2, 0.25) is 0 Å². The van der Waals surface area contributed by atoms with Crippen molar-refractivity contribution in [3.63, 3.8) is 0 Å². The minimum atomic E-state index is -0.268. The van der Waals surface area contributed by atoms with E-state index in [1.54, 1.807) is 0 Å². The summed E-state index contributed by atoms with van der Waals surface area (Å²) in [5.74, 6) is 1.67. The van der Waals surface area contributed by atoms with Crippen molar-refractivity contribution >= 4 is 195 Å². The highest BCUT2D eigenvalue weighted by atomic mass is 32.1. The fourth-order valence-electron chi connectivity index (χ4n) is 17.6. The van der Waals surface area contributed by atoms with E-state index in [1.165, 1.54) is 62.2 Å². The van der Waals surface area contributed by atoms with Gasteiger partial charge in [0.05, 0.1) is 37.8 Å². The third-order valence-corrected chi connectivity index (χ3v) is 24.4. The van der Waals surface area contributed by atoms with Crippen molar-refractivity contribution in [2.75, 3.05) is 24.5 Å². The van der Waals surface area contributed by atoms with Crippen LogP contribution in [-0.2, 0) is 0 Å². The lowest BCUT2D eigenvalue weighted by atomic mass is 9.30. The van der Waals surface area contributed by atoms with E-state index in [1.807, 2.05) is 22.7 Å². The number of para-hydroxylation sites is 7. The molecule has 0 saturated carbocycles. The van der Waals surface area contributed by atoms with Gasteiger partial charge in [0, 0.05) is 105 Å². The third kappa shape index (κ3) is 9.31. The van der Waals surface area contributed by atoms with Crippen LogP contribution < -0.4 is 62.0 Å². The summed E-state index contributed by atoms with van der Waals surface area (Å²) in [5, 5.41) is 4.99. The van der Waals surface area contributed by atoms with E-state index in [9.17, 15) is 0 Å². The van der Waals surface area contributed by atoms with Gasteiger partial charge in [0.15, 0.2) is 0 Å². The number of rotatable bonds is 11. The predicted octanol–water partition coefficient (Wildman–Crippen LogP) is 23.2. The summed E-state index contributed by atoms with van der Waals surface area (Å²) in [5.41, 5.74) is 27.7. The van der Waals surface area contributed by atoms with Gasteiger partial charge in [-0.15, -0.1) is 22.7 Å². The Hall–Kier alpha value is -13.1. The molecule has 4 aliphatic heterocycles. The van der Waals surface area contributed by atoms with Crippen LogP contribution in [0.3, 0.4) is 0 Å². The van der Waals surface area contributed by atoms with Crippen molar-refractivity contribution in [1.29, 1.82) is 0 Å². The van der Waals surface area contributed by atoms with Gasteiger partial charge >= 0.3 is 0 Å². The van der Waals surface area contributed by atoms with Crippen LogP contribution in [0.25, 0.3) is 62.6 Å². The van der Waals surface area contributed by atoms with Gasteiger partial charge in [-0.1, -0.05) is 255 Å². The average Bonchev–Trinajstić information content (AvgIpc) is 0.702. The maximum atomic E-state index is 7.51. The highest BCUT2D eigenvalue weighted by Crippen LogP contribution is 2.56. The van der Waals surface area contributed by atoms with Crippen molar-refractivity contribution in [2.45, 2.75) is 0 Å². The Bertz CT molecular complexity index is 6460. The van der Waals surface area contributed by atoms with Crippen LogP contribution in [0.5, 0.6) is 11.5 Å². The summed E-state index contributed by atoms with van der Waals surface area (Å²) < 4.78 is 12.5. The van der Waals surface area contributed by atoms with E-state index >= 15 is 0 Å². The van der Waals surface area contributed by atoms with Gasteiger partial charge in [-0.05, 0) is 153 Å². The molecule has 4 aliphatic rings. The number of thiophene rings is 2. The minimum absolute atomic E-state index is 0.250. The van der Waals surface area contributed by atoms with Crippen LogP contribution in [0, 0.1) is 0 Å². The third-order valence-electron chi connectivity index (χ3n) is 22.0. The molecule has 0 N–H and O–H groups in total. The summed E-state index contributed by atoms with van der Waals surface area (Å²) in [6, 6.07) is 137. The van der Waals surface area contributed by atoms with Crippen LogP contribution in [0.15, 0.2) is 370 Å². The quantitative estimate of drug-likeness (QED) is 0.120. The SMILES string of the molecule is c1ccc(-c2cccc(-c3ccccc3)c2N2c3cc4c(cc3B3c5ccccc5N(c5cccc6c5sc5ccccc56)c5cc(N(c6ccccc6)c6ccccc6)cc2c53)B2c3ccccc3Oc3cc(N(c5ccccc5)c5cccc6c5sc5ccccc56)cc(c32)N4c2ccccc2)cc1. The highest BCUT2D eigenvalue weighted by Gasteiger charge is 2.49. The van der Waals surface area contributed by atoms with Crippen molar-refractivity contribution in [1.82, 2.24) is 0 Å². The number of benzene rings is 16. The van der Waals surface area contributed by atoms with Gasteiger partial charge in [0.1, 0.15) is 11.5 Å². The van der Waals surface area contributed by atoms with Gasteiger partial charge in [-0.25, -0.2) is 0 Å². The Kier molecular flexibility index (Phi) is 13.8. The number of ether oxygens (including phenoxy) is 1. The molecule has 0 fully saturated rings. The number of hydrogen-bond acceptors (Lipinski definition) is 8. The second-order valence-corrected chi connectivity index (χ2v) is 29.9. The molecule has 0 amide bonds. The minimum Gasteiger partial charge on any atom is -0.458 e. The van der Waals surface area contributed by atoms with Crippen LogP contribution >= 0.6 is 22.7 Å². The Balaban J connectivity index is 0.884. The average molecular weight is 1390 g/mol. The van der Waals surface area contributed by atoms with Crippen molar-refractivity contribution in [3.05, 3.63) is 370 Å². The zero-order valence-corrected chi connectivity index (χ0v) is 59.0. The van der Waals surface area contributed by atoms with Gasteiger partial charge in [-0.3, -0.25) is 0 Å². The number of fused-ring (bicyclic) bond motifs is 14. The van der Waals surface area contributed by atoms with E-state index < -0.39 is 0 Å². The molecule has 0 spiro atoms. The zero-order valence-electron chi connectivity index (χ0n) is 57.3. The summed E-state index contributed by atoms with van der Waals surface area (Å²) >= 11 is 3.73. The molecule has 0 radical (unpaired) electrons. The first-order valence-corrected chi connectivity index (χ1v) is 37.9. The lowest BCUT2D eigenvalue weighted by Gasteiger charge is -2.47. The van der Waals surface area contributed by atoms with Gasteiger partial charge in [0.25, 0.3) is 13.4 Å². The molecule has 0 unspecified atom stereocenters. The van der Waals surface area contributed by atoms with E-state index in [2.05, 4.69) is 395 Å². The number of hydrogen-bond donors (Lipinski definition) is 0. The first-order valence-electron chi connectivity index (χ1n) is 36.3. The normalized spacial score (nSPS) is 12.9. The Morgan fingerprint density at radius 1 is 0.264 bits per heavy atom. The fraction of sp³-hybridized carbons (Fsp3) is 0. The van der Waals surface area contributed by atoms with Crippen LogP contribution in [0.1, 0.15) is 0 Å². The lowest BCUT2D eigenvalue weighted by Crippen LogP contribution is -2.64. The van der Waals surface area contributed by atoms with E-state index in [4.69, 9.17) is 4.74 Å². The van der Waals surface area contributed by atoms with Crippen molar-refractivity contribution in [3.8, 4) is 33.8 Å². The maximum Gasteiger partial charge on any atom is 0.256 e. The fourth-order valence-corrected chi connectivity index (χ4v) is 20.0. The molecular weight excluding hydrogens is 1320 g/mol. The molecule has 106 heavy (non-hydrogen) atoms. The smallest absolute Gasteiger partial charge is 0.256 e.